The van der Waals surface area contributed by atoms with Crippen LogP contribution in [0.1, 0.15) is 17.7 Å². The smallest absolute Gasteiger partial charge is 0.0686 e. The van der Waals surface area contributed by atoms with Gasteiger partial charge in [0.1, 0.15) is 0 Å². The van der Waals surface area contributed by atoms with Gasteiger partial charge in [0.05, 0.1) is 11.2 Å². The molecule has 78 valence electrons. The van der Waals surface area contributed by atoms with Crippen LogP contribution in [-0.4, -0.2) is 16.3 Å². The van der Waals surface area contributed by atoms with E-state index in [1.165, 1.54) is 35.0 Å². The molecule has 0 radical (unpaired) electrons. The molecule has 0 aliphatic carbocycles. The third-order valence-electron chi connectivity index (χ3n) is 3.20. The van der Waals surface area contributed by atoms with E-state index in [0.29, 0.717) is 0 Å². The molecule has 0 fully saturated rings. The fraction of sp³-hybridized carbons (Fsp3) is 0.417. The van der Waals surface area contributed by atoms with Crippen LogP contribution in [0.4, 0.5) is 5.69 Å². The van der Waals surface area contributed by atoms with Gasteiger partial charge in [-0.3, -0.25) is 4.68 Å². The second-order valence-electron chi connectivity index (χ2n) is 4.27. The van der Waals surface area contributed by atoms with E-state index < -0.39 is 0 Å². The number of rotatable bonds is 0. The Labute approximate surface area is 89.1 Å². The van der Waals surface area contributed by atoms with Crippen molar-refractivity contribution in [3.63, 3.8) is 0 Å². The molecule has 1 aromatic heterocycles. The summed E-state index contributed by atoms with van der Waals surface area (Å²) in [5, 5.41) is 9.17. The fourth-order valence-corrected chi connectivity index (χ4v) is 2.40. The van der Waals surface area contributed by atoms with Gasteiger partial charge in [-0.15, -0.1) is 0 Å². The third-order valence-corrected chi connectivity index (χ3v) is 3.20. The molecule has 0 unspecified atom stereocenters. The predicted octanol–water partition coefficient (Wildman–Crippen LogP) is 2.24. The highest BCUT2D eigenvalue weighted by Crippen LogP contribution is 2.28. The predicted molar refractivity (Wildman–Crippen MR) is 62.3 cm³/mol. The van der Waals surface area contributed by atoms with Gasteiger partial charge in [-0.25, -0.2) is 0 Å². The summed E-state index contributed by atoms with van der Waals surface area (Å²) < 4.78 is 1.97. The molecule has 3 heteroatoms. The molecule has 2 aromatic rings. The Morgan fingerprint density at radius 1 is 1.40 bits per heavy atom. The Balaban J connectivity index is 2.32. The molecule has 1 aliphatic rings. The van der Waals surface area contributed by atoms with Gasteiger partial charge in [-0.05, 0) is 37.5 Å². The molecular weight excluding hydrogens is 186 g/mol. The lowest BCUT2D eigenvalue weighted by Crippen LogP contribution is -2.11. The third kappa shape index (κ3) is 1.23. The Morgan fingerprint density at radius 3 is 3.13 bits per heavy atom. The molecule has 15 heavy (non-hydrogen) atoms. The maximum absolute atomic E-state index is 4.45. The van der Waals surface area contributed by atoms with Gasteiger partial charge in [0.25, 0.3) is 0 Å². The Bertz CT molecular complexity index is 479. The molecular formula is C12H15N3. The number of aromatic nitrogens is 2. The highest BCUT2D eigenvalue weighted by atomic mass is 15.3. The first-order chi connectivity index (χ1) is 7.25. The average molecular weight is 201 g/mol. The molecule has 1 aliphatic heterocycles. The first-order valence-corrected chi connectivity index (χ1v) is 5.46. The Hall–Kier alpha value is -1.51. The number of nitrogens with one attached hydrogen (secondary N) is 1. The van der Waals surface area contributed by atoms with Crippen molar-refractivity contribution in [2.75, 3.05) is 11.9 Å². The lowest BCUT2D eigenvalue weighted by atomic mass is 10.0. The second kappa shape index (κ2) is 2.99. The summed E-state index contributed by atoms with van der Waals surface area (Å²) in [6, 6.07) is 4.52. The van der Waals surface area contributed by atoms with Crippen molar-refractivity contribution in [1.82, 2.24) is 9.78 Å². The highest BCUT2D eigenvalue weighted by Gasteiger charge is 2.12. The van der Waals surface area contributed by atoms with Crippen LogP contribution in [0.25, 0.3) is 10.9 Å². The maximum atomic E-state index is 4.45. The molecule has 0 spiro atoms. The van der Waals surface area contributed by atoms with Crippen LogP contribution in [0, 0.1) is 6.92 Å². The van der Waals surface area contributed by atoms with Crippen molar-refractivity contribution in [2.45, 2.75) is 19.8 Å². The number of benzene rings is 1. The molecule has 3 nitrogen and oxygen atoms in total. The summed E-state index contributed by atoms with van der Waals surface area (Å²) in [4.78, 5) is 0. The molecule has 2 heterocycles. The van der Waals surface area contributed by atoms with E-state index in [-0.39, 0.29) is 0 Å². The van der Waals surface area contributed by atoms with Crippen LogP contribution in [0.2, 0.25) is 0 Å². The average Bonchev–Trinajstić information content (AvgIpc) is 2.52. The summed E-state index contributed by atoms with van der Waals surface area (Å²) in [6.07, 6.45) is 2.41. The van der Waals surface area contributed by atoms with E-state index in [0.717, 1.165) is 12.2 Å². The summed E-state index contributed by atoms with van der Waals surface area (Å²) >= 11 is 0. The molecule has 0 bridgehead atoms. The first-order valence-electron chi connectivity index (χ1n) is 5.46. The lowest BCUT2D eigenvalue weighted by Gasteiger charge is -2.17. The van der Waals surface area contributed by atoms with E-state index in [9.17, 15) is 0 Å². The SMILES string of the molecule is Cc1nn(C)c2cc3c(cc12)NCCC3. The number of anilines is 1. The van der Waals surface area contributed by atoms with Gasteiger partial charge in [0, 0.05) is 24.7 Å². The van der Waals surface area contributed by atoms with Crippen molar-refractivity contribution in [3.8, 4) is 0 Å². The van der Waals surface area contributed by atoms with E-state index in [1.807, 2.05) is 11.7 Å². The molecule has 0 amide bonds. The molecule has 0 atom stereocenters. The zero-order chi connectivity index (χ0) is 10.4. The number of aryl methyl sites for hydroxylation is 3. The van der Waals surface area contributed by atoms with E-state index in [4.69, 9.17) is 0 Å². The topological polar surface area (TPSA) is 29.9 Å². The summed E-state index contributed by atoms with van der Waals surface area (Å²) in [5.41, 5.74) is 5.08. The monoisotopic (exact) mass is 201 g/mol. The van der Waals surface area contributed by atoms with Gasteiger partial charge in [0.2, 0.25) is 0 Å². The molecule has 0 saturated heterocycles. The van der Waals surface area contributed by atoms with E-state index >= 15 is 0 Å². The van der Waals surface area contributed by atoms with Crippen molar-refractivity contribution in [3.05, 3.63) is 23.4 Å². The van der Waals surface area contributed by atoms with Gasteiger partial charge in [0.15, 0.2) is 0 Å². The summed E-state index contributed by atoms with van der Waals surface area (Å²) in [5.74, 6) is 0. The maximum Gasteiger partial charge on any atom is 0.0686 e. The van der Waals surface area contributed by atoms with Gasteiger partial charge >= 0.3 is 0 Å². The number of hydrogen-bond acceptors (Lipinski definition) is 2. The normalized spacial score (nSPS) is 15.1. The minimum Gasteiger partial charge on any atom is -0.385 e. The largest absolute Gasteiger partial charge is 0.385 e. The summed E-state index contributed by atoms with van der Waals surface area (Å²) in [7, 11) is 2.01. The summed E-state index contributed by atoms with van der Waals surface area (Å²) in [6.45, 7) is 3.16. The van der Waals surface area contributed by atoms with E-state index in [1.54, 1.807) is 0 Å². The fourth-order valence-electron chi connectivity index (χ4n) is 2.40. The van der Waals surface area contributed by atoms with Crippen LogP contribution in [-0.2, 0) is 13.5 Å². The van der Waals surface area contributed by atoms with Crippen LogP contribution in [0.3, 0.4) is 0 Å². The van der Waals surface area contributed by atoms with Crippen molar-refractivity contribution < 1.29 is 0 Å². The number of nitrogens with zero attached hydrogens (tertiary/aromatic N) is 2. The minimum absolute atomic E-state index is 1.10. The van der Waals surface area contributed by atoms with Crippen molar-refractivity contribution in [2.24, 2.45) is 7.05 Å². The number of hydrogen-bond donors (Lipinski definition) is 1. The van der Waals surface area contributed by atoms with Gasteiger partial charge < -0.3 is 5.32 Å². The Kier molecular flexibility index (Phi) is 1.75. The lowest BCUT2D eigenvalue weighted by molar-refractivity contribution is 0.781. The Morgan fingerprint density at radius 2 is 2.27 bits per heavy atom. The standard InChI is InChI=1S/C12H15N3/c1-8-10-7-11-9(4-3-5-13-11)6-12(10)15(2)14-8/h6-7,13H,3-5H2,1-2H3. The van der Waals surface area contributed by atoms with Gasteiger partial charge in [-0.1, -0.05) is 0 Å². The quantitative estimate of drug-likeness (QED) is 0.708. The van der Waals surface area contributed by atoms with Crippen LogP contribution >= 0.6 is 0 Å². The second-order valence-corrected chi connectivity index (χ2v) is 4.27. The molecule has 1 N–H and O–H groups in total. The molecule has 0 saturated carbocycles. The van der Waals surface area contributed by atoms with Gasteiger partial charge in [-0.2, -0.15) is 5.10 Å². The van der Waals surface area contributed by atoms with Crippen molar-refractivity contribution in [1.29, 1.82) is 0 Å². The first kappa shape index (κ1) is 8.77. The molecule has 3 rings (SSSR count). The van der Waals surface area contributed by atoms with E-state index in [2.05, 4.69) is 29.5 Å². The van der Waals surface area contributed by atoms with Crippen LogP contribution in [0.15, 0.2) is 12.1 Å². The van der Waals surface area contributed by atoms with Crippen LogP contribution < -0.4 is 5.32 Å². The van der Waals surface area contributed by atoms with Crippen molar-refractivity contribution >= 4 is 16.6 Å². The highest BCUT2D eigenvalue weighted by molar-refractivity contribution is 5.87. The minimum atomic E-state index is 1.10. The zero-order valence-electron chi connectivity index (χ0n) is 9.17. The number of fused-ring (bicyclic) bond motifs is 2. The molecule has 1 aromatic carbocycles. The zero-order valence-corrected chi connectivity index (χ0v) is 9.17. The van der Waals surface area contributed by atoms with Crippen LogP contribution in [0.5, 0.6) is 0 Å².